The van der Waals surface area contributed by atoms with E-state index in [1.54, 1.807) is 16.7 Å². The van der Waals surface area contributed by atoms with Crippen molar-refractivity contribution in [2.45, 2.75) is 13.8 Å². The maximum absolute atomic E-state index is 12.3. The van der Waals surface area contributed by atoms with Gasteiger partial charge in [-0.15, -0.1) is 0 Å². The van der Waals surface area contributed by atoms with E-state index in [1.807, 2.05) is 6.07 Å². The Morgan fingerprint density at radius 3 is 2.33 bits per heavy atom. The predicted octanol–water partition coefficient (Wildman–Crippen LogP) is -0.580. The summed E-state index contributed by atoms with van der Waals surface area (Å²) < 4.78 is 4.70. The summed E-state index contributed by atoms with van der Waals surface area (Å²) in [5.74, 6) is -0.388. The third-order valence-electron chi connectivity index (χ3n) is 3.42. The van der Waals surface area contributed by atoms with Crippen LogP contribution < -0.4 is 10.6 Å². The molecule has 2 N–H and O–H groups in total. The van der Waals surface area contributed by atoms with Crippen molar-refractivity contribution in [3.63, 3.8) is 0 Å². The first-order valence-electron chi connectivity index (χ1n) is 7.78. The number of carbonyl (C=O) groups excluding carboxylic acids is 3. The molecule has 0 atom stereocenters. The molecule has 1 aliphatic rings. The van der Waals surface area contributed by atoms with Gasteiger partial charge in [0, 0.05) is 52.4 Å². The third-order valence-corrected chi connectivity index (χ3v) is 3.42. The minimum Gasteiger partial charge on any atom is -0.450 e. The Morgan fingerprint density at radius 1 is 1.17 bits per heavy atom. The van der Waals surface area contributed by atoms with Crippen LogP contribution in [0.5, 0.6) is 0 Å². The molecule has 1 aliphatic heterocycles. The fourth-order valence-corrected chi connectivity index (χ4v) is 2.13. The van der Waals surface area contributed by atoms with Crippen LogP contribution >= 0.6 is 0 Å². The van der Waals surface area contributed by atoms with E-state index in [0.29, 0.717) is 45.9 Å². The molecule has 0 bridgehead atoms. The molecular formula is C15H23N5O4. The minimum absolute atomic E-state index is 0.0117. The highest BCUT2D eigenvalue weighted by Gasteiger charge is 2.24. The van der Waals surface area contributed by atoms with Crippen LogP contribution in [-0.4, -0.2) is 73.6 Å². The van der Waals surface area contributed by atoms with Crippen molar-refractivity contribution in [3.8, 4) is 6.07 Å². The zero-order chi connectivity index (χ0) is 17.9. The average molecular weight is 337 g/mol. The largest absolute Gasteiger partial charge is 0.450 e. The Labute approximate surface area is 141 Å². The van der Waals surface area contributed by atoms with Crippen LogP contribution in [0.3, 0.4) is 0 Å². The predicted molar refractivity (Wildman–Crippen MR) is 85.6 cm³/mol. The van der Waals surface area contributed by atoms with Crippen molar-refractivity contribution in [1.82, 2.24) is 20.4 Å². The number of rotatable bonds is 6. The van der Waals surface area contributed by atoms with Crippen LogP contribution in [0.1, 0.15) is 13.8 Å². The standard InChI is InChI=1S/C15H23N5O4/c1-3-24-15(23)18-5-4-17-11-13(10-16)14(22)20-8-6-19(7-9-20)12(2)21/h11,17H,3-9H2,1-2H3,(H,18,23)/b13-11-. The summed E-state index contributed by atoms with van der Waals surface area (Å²) in [6.45, 7) is 5.91. The van der Waals surface area contributed by atoms with Gasteiger partial charge in [-0.25, -0.2) is 4.79 Å². The molecule has 1 rings (SSSR count). The van der Waals surface area contributed by atoms with Gasteiger partial charge in [0.2, 0.25) is 5.91 Å². The first-order valence-corrected chi connectivity index (χ1v) is 7.78. The number of hydrogen-bond acceptors (Lipinski definition) is 6. The van der Waals surface area contributed by atoms with Gasteiger partial charge >= 0.3 is 6.09 Å². The summed E-state index contributed by atoms with van der Waals surface area (Å²) in [6, 6.07) is 1.87. The van der Waals surface area contributed by atoms with E-state index in [-0.39, 0.29) is 17.4 Å². The van der Waals surface area contributed by atoms with E-state index < -0.39 is 6.09 Å². The lowest BCUT2D eigenvalue weighted by molar-refractivity contribution is -0.136. The zero-order valence-electron chi connectivity index (χ0n) is 14.0. The van der Waals surface area contributed by atoms with Gasteiger partial charge in [-0.1, -0.05) is 0 Å². The fraction of sp³-hybridized carbons (Fsp3) is 0.600. The molecule has 1 heterocycles. The van der Waals surface area contributed by atoms with Crippen LogP contribution in [0.25, 0.3) is 0 Å². The van der Waals surface area contributed by atoms with Crippen LogP contribution in [0.4, 0.5) is 4.79 Å². The molecule has 9 nitrogen and oxygen atoms in total. The number of piperazine rings is 1. The molecule has 132 valence electrons. The van der Waals surface area contributed by atoms with Crippen molar-refractivity contribution >= 4 is 17.9 Å². The number of amides is 3. The van der Waals surface area contributed by atoms with E-state index in [1.165, 1.54) is 13.1 Å². The lowest BCUT2D eigenvalue weighted by atomic mass is 10.2. The van der Waals surface area contributed by atoms with Gasteiger partial charge in [0.25, 0.3) is 5.91 Å². The zero-order valence-corrected chi connectivity index (χ0v) is 14.0. The SMILES string of the molecule is CCOC(=O)NCCN/C=C(/C#N)C(=O)N1CCN(C(C)=O)CC1. The van der Waals surface area contributed by atoms with Crippen molar-refractivity contribution in [3.05, 3.63) is 11.8 Å². The second kappa shape index (κ2) is 10.1. The van der Waals surface area contributed by atoms with Gasteiger partial charge in [-0.3, -0.25) is 9.59 Å². The molecule has 9 heteroatoms. The smallest absolute Gasteiger partial charge is 0.407 e. The molecule has 1 saturated heterocycles. The van der Waals surface area contributed by atoms with Gasteiger partial charge in [0.05, 0.1) is 6.61 Å². The second-order valence-electron chi connectivity index (χ2n) is 5.07. The van der Waals surface area contributed by atoms with Crippen LogP contribution in [0.2, 0.25) is 0 Å². The number of carbonyl (C=O) groups is 3. The van der Waals surface area contributed by atoms with E-state index >= 15 is 0 Å². The summed E-state index contributed by atoms with van der Waals surface area (Å²) in [5, 5.41) is 14.5. The molecular weight excluding hydrogens is 314 g/mol. The summed E-state index contributed by atoms with van der Waals surface area (Å²) in [4.78, 5) is 37.8. The first-order chi connectivity index (χ1) is 11.5. The maximum Gasteiger partial charge on any atom is 0.407 e. The lowest BCUT2D eigenvalue weighted by Gasteiger charge is -2.34. The highest BCUT2D eigenvalue weighted by molar-refractivity contribution is 5.97. The van der Waals surface area contributed by atoms with Gasteiger partial charge in [-0.2, -0.15) is 5.26 Å². The number of alkyl carbamates (subject to hydrolysis) is 1. The van der Waals surface area contributed by atoms with E-state index in [2.05, 4.69) is 10.6 Å². The van der Waals surface area contributed by atoms with Gasteiger partial charge < -0.3 is 25.2 Å². The van der Waals surface area contributed by atoms with Crippen molar-refractivity contribution in [2.75, 3.05) is 45.9 Å². The molecule has 0 radical (unpaired) electrons. The second-order valence-corrected chi connectivity index (χ2v) is 5.07. The summed E-state index contributed by atoms with van der Waals surface area (Å²) in [6.07, 6.45) is 0.829. The summed E-state index contributed by atoms with van der Waals surface area (Å²) in [7, 11) is 0. The van der Waals surface area contributed by atoms with Gasteiger partial charge in [-0.05, 0) is 6.92 Å². The van der Waals surface area contributed by atoms with E-state index in [4.69, 9.17) is 10.00 Å². The average Bonchev–Trinajstić information content (AvgIpc) is 2.58. The molecule has 0 aromatic carbocycles. The Hall–Kier alpha value is -2.76. The molecule has 0 aliphatic carbocycles. The molecule has 0 saturated carbocycles. The molecule has 0 aromatic heterocycles. The molecule has 3 amide bonds. The Kier molecular flexibility index (Phi) is 8.11. The third kappa shape index (κ3) is 6.16. The Bertz CT molecular complexity index is 532. The van der Waals surface area contributed by atoms with E-state index in [9.17, 15) is 14.4 Å². The molecule has 1 fully saturated rings. The van der Waals surface area contributed by atoms with Crippen molar-refractivity contribution < 1.29 is 19.1 Å². The number of nitriles is 1. The van der Waals surface area contributed by atoms with Crippen molar-refractivity contribution in [2.24, 2.45) is 0 Å². The fourth-order valence-electron chi connectivity index (χ4n) is 2.13. The molecule has 0 aromatic rings. The molecule has 24 heavy (non-hydrogen) atoms. The van der Waals surface area contributed by atoms with Gasteiger partial charge in [0.15, 0.2) is 0 Å². The maximum atomic E-state index is 12.3. The lowest BCUT2D eigenvalue weighted by Crippen LogP contribution is -2.50. The monoisotopic (exact) mass is 337 g/mol. The highest BCUT2D eigenvalue weighted by Crippen LogP contribution is 2.06. The first kappa shape index (κ1) is 19.3. The summed E-state index contributed by atoms with van der Waals surface area (Å²) >= 11 is 0. The Balaban J connectivity index is 2.40. The van der Waals surface area contributed by atoms with E-state index in [0.717, 1.165) is 0 Å². The van der Waals surface area contributed by atoms with Gasteiger partial charge in [0.1, 0.15) is 11.6 Å². The van der Waals surface area contributed by atoms with Crippen molar-refractivity contribution in [1.29, 1.82) is 5.26 Å². The van der Waals surface area contributed by atoms with Crippen LogP contribution in [0, 0.1) is 11.3 Å². The normalized spacial score (nSPS) is 14.6. The number of nitrogens with zero attached hydrogens (tertiary/aromatic N) is 3. The molecule has 0 spiro atoms. The van der Waals surface area contributed by atoms with Crippen LogP contribution in [-0.2, 0) is 14.3 Å². The number of hydrogen-bond donors (Lipinski definition) is 2. The number of ether oxygens (including phenoxy) is 1. The Morgan fingerprint density at radius 2 is 1.79 bits per heavy atom. The summed E-state index contributed by atoms with van der Waals surface area (Å²) in [5.41, 5.74) is -0.0117. The highest BCUT2D eigenvalue weighted by atomic mass is 16.5. The van der Waals surface area contributed by atoms with Crippen LogP contribution in [0.15, 0.2) is 11.8 Å². The quantitative estimate of drug-likeness (QED) is 0.381. The molecule has 0 unspecified atom stereocenters. The number of nitrogens with one attached hydrogen (secondary N) is 2. The minimum atomic E-state index is -0.511. The topological polar surface area (TPSA) is 115 Å².